The Hall–Kier alpha value is -2.66. The average molecular weight is 345 g/mol. The van der Waals surface area contributed by atoms with E-state index in [1.54, 1.807) is 13.8 Å². The number of amides is 1. The molecule has 124 valence electrons. The molecule has 0 unspecified atom stereocenters. The van der Waals surface area contributed by atoms with Gasteiger partial charge in [0.2, 0.25) is 0 Å². The second-order valence-electron chi connectivity index (χ2n) is 5.50. The lowest BCUT2D eigenvalue weighted by Gasteiger charge is -2.05. The Morgan fingerprint density at radius 1 is 1.42 bits per heavy atom. The number of rotatable bonds is 4. The van der Waals surface area contributed by atoms with E-state index < -0.39 is 18.5 Å². The van der Waals surface area contributed by atoms with Crippen LogP contribution in [0.15, 0.2) is 4.52 Å². The van der Waals surface area contributed by atoms with E-state index in [1.165, 1.54) is 11.3 Å². The number of fused-ring (bicyclic) bond motifs is 1. The third kappa shape index (κ3) is 2.90. The fourth-order valence-corrected chi connectivity index (χ4v) is 4.01. The fraction of sp³-hybridized carbons (Fsp3) is 0.375. The summed E-state index contributed by atoms with van der Waals surface area (Å²) in [5.41, 5.74) is 2.21. The highest BCUT2D eigenvalue weighted by Crippen LogP contribution is 2.38. The van der Waals surface area contributed by atoms with Crippen molar-refractivity contribution in [2.24, 2.45) is 0 Å². The molecule has 0 saturated heterocycles. The van der Waals surface area contributed by atoms with Crippen molar-refractivity contribution >= 4 is 28.2 Å². The van der Waals surface area contributed by atoms with Crippen LogP contribution in [0.4, 0.5) is 5.00 Å². The minimum Gasteiger partial charge on any atom is -0.452 e. The summed E-state index contributed by atoms with van der Waals surface area (Å²) in [5, 5.41) is 16.2. The molecule has 0 spiro atoms. The van der Waals surface area contributed by atoms with Gasteiger partial charge in [0.05, 0.1) is 11.3 Å². The van der Waals surface area contributed by atoms with Crippen molar-refractivity contribution in [3.63, 3.8) is 0 Å². The van der Waals surface area contributed by atoms with Crippen LogP contribution in [-0.4, -0.2) is 23.6 Å². The first kappa shape index (κ1) is 16.2. The predicted molar refractivity (Wildman–Crippen MR) is 85.9 cm³/mol. The van der Waals surface area contributed by atoms with Crippen molar-refractivity contribution in [1.82, 2.24) is 5.16 Å². The zero-order valence-electron chi connectivity index (χ0n) is 13.3. The Kier molecular flexibility index (Phi) is 4.36. The molecule has 0 radical (unpaired) electrons. The second kappa shape index (κ2) is 6.45. The zero-order chi connectivity index (χ0) is 17.3. The van der Waals surface area contributed by atoms with Crippen LogP contribution >= 0.6 is 11.3 Å². The predicted octanol–water partition coefficient (Wildman–Crippen LogP) is 2.51. The summed E-state index contributed by atoms with van der Waals surface area (Å²) in [5.74, 6) is -0.790. The van der Waals surface area contributed by atoms with Gasteiger partial charge in [-0.15, -0.1) is 11.3 Å². The first-order valence-corrected chi connectivity index (χ1v) is 8.27. The molecule has 1 aliphatic rings. The monoisotopic (exact) mass is 345 g/mol. The first-order chi connectivity index (χ1) is 11.5. The standard InChI is InChI=1S/C16H15N3O4S/c1-8-14(9(2)23-19-8)16(21)22-7-13(20)18-15-11(6-17)10-4-3-5-12(10)24-15/h3-5,7H2,1-2H3,(H,18,20). The molecular weight excluding hydrogens is 330 g/mol. The largest absolute Gasteiger partial charge is 0.452 e. The van der Waals surface area contributed by atoms with E-state index in [1.807, 2.05) is 0 Å². The molecule has 1 N–H and O–H groups in total. The normalized spacial score (nSPS) is 12.5. The van der Waals surface area contributed by atoms with E-state index in [9.17, 15) is 14.9 Å². The lowest BCUT2D eigenvalue weighted by Crippen LogP contribution is -2.21. The quantitative estimate of drug-likeness (QED) is 0.854. The molecule has 1 amide bonds. The van der Waals surface area contributed by atoms with Gasteiger partial charge in [0.15, 0.2) is 6.61 Å². The van der Waals surface area contributed by atoms with Crippen LogP contribution in [0.2, 0.25) is 0 Å². The number of esters is 1. The molecule has 2 heterocycles. The number of carbonyl (C=O) groups is 2. The summed E-state index contributed by atoms with van der Waals surface area (Å²) in [6.45, 7) is 2.79. The minimum atomic E-state index is -0.657. The summed E-state index contributed by atoms with van der Waals surface area (Å²) in [6.07, 6.45) is 2.84. The van der Waals surface area contributed by atoms with E-state index >= 15 is 0 Å². The molecule has 1 aliphatic carbocycles. The summed E-state index contributed by atoms with van der Waals surface area (Å²) in [7, 11) is 0. The molecule has 0 fully saturated rings. The van der Waals surface area contributed by atoms with Gasteiger partial charge in [-0.1, -0.05) is 5.16 Å². The Morgan fingerprint density at radius 2 is 2.21 bits per heavy atom. The van der Waals surface area contributed by atoms with Gasteiger partial charge in [0.25, 0.3) is 5.91 Å². The SMILES string of the molecule is Cc1noc(C)c1C(=O)OCC(=O)Nc1sc2c(c1C#N)CCC2. The van der Waals surface area contributed by atoms with Gasteiger partial charge in [0, 0.05) is 4.88 Å². The molecule has 0 atom stereocenters. The van der Waals surface area contributed by atoms with Crippen molar-refractivity contribution in [3.8, 4) is 6.07 Å². The third-order valence-corrected chi connectivity index (χ3v) is 5.07. The molecule has 0 aromatic carbocycles. The van der Waals surface area contributed by atoms with Crippen molar-refractivity contribution in [2.45, 2.75) is 33.1 Å². The van der Waals surface area contributed by atoms with Crippen molar-refractivity contribution in [3.05, 3.63) is 33.0 Å². The number of hydrogen-bond donors (Lipinski definition) is 1. The van der Waals surface area contributed by atoms with Gasteiger partial charge < -0.3 is 14.6 Å². The topological polar surface area (TPSA) is 105 Å². The van der Waals surface area contributed by atoms with Crippen LogP contribution in [0.1, 0.15) is 44.2 Å². The number of nitrogens with one attached hydrogen (secondary N) is 1. The number of carbonyl (C=O) groups excluding carboxylic acids is 2. The van der Waals surface area contributed by atoms with Gasteiger partial charge in [-0.05, 0) is 38.7 Å². The van der Waals surface area contributed by atoms with Crippen molar-refractivity contribution < 1.29 is 18.8 Å². The maximum atomic E-state index is 12.0. The lowest BCUT2D eigenvalue weighted by molar-refractivity contribution is -0.119. The van der Waals surface area contributed by atoms with Gasteiger partial charge in [0.1, 0.15) is 22.4 Å². The van der Waals surface area contributed by atoms with Crippen LogP contribution in [0.3, 0.4) is 0 Å². The third-order valence-electron chi connectivity index (χ3n) is 3.86. The smallest absolute Gasteiger partial charge is 0.344 e. The number of anilines is 1. The zero-order valence-corrected chi connectivity index (χ0v) is 14.1. The Morgan fingerprint density at radius 3 is 2.88 bits per heavy atom. The molecule has 3 rings (SSSR count). The maximum absolute atomic E-state index is 12.0. The van der Waals surface area contributed by atoms with E-state index in [0.29, 0.717) is 22.0 Å². The number of hydrogen-bond acceptors (Lipinski definition) is 7. The lowest BCUT2D eigenvalue weighted by atomic mass is 10.1. The molecule has 8 heteroatoms. The molecule has 7 nitrogen and oxygen atoms in total. The molecule has 2 aromatic rings. The molecule has 0 bridgehead atoms. The summed E-state index contributed by atoms with van der Waals surface area (Å²) < 4.78 is 9.90. The highest BCUT2D eigenvalue weighted by Gasteiger charge is 2.24. The number of aryl methyl sites for hydroxylation is 3. The summed E-state index contributed by atoms with van der Waals surface area (Å²) in [4.78, 5) is 25.2. The molecule has 2 aromatic heterocycles. The van der Waals surface area contributed by atoms with Gasteiger partial charge in [-0.25, -0.2) is 4.79 Å². The van der Waals surface area contributed by atoms with E-state index in [0.717, 1.165) is 29.7 Å². The van der Waals surface area contributed by atoms with Crippen LogP contribution in [-0.2, 0) is 22.4 Å². The molecule has 0 aliphatic heterocycles. The summed E-state index contributed by atoms with van der Waals surface area (Å²) >= 11 is 1.42. The van der Waals surface area contributed by atoms with Crippen LogP contribution < -0.4 is 5.32 Å². The van der Waals surface area contributed by atoms with E-state index in [2.05, 4.69) is 16.5 Å². The van der Waals surface area contributed by atoms with Crippen LogP contribution in [0.25, 0.3) is 0 Å². The molecule has 0 saturated carbocycles. The van der Waals surface area contributed by atoms with Crippen LogP contribution in [0.5, 0.6) is 0 Å². The van der Waals surface area contributed by atoms with Crippen molar-refractivity contribution in [2.75, 3.05) is 11.9 Å². The maximum Gasteiger partial charge on any atom is 0.344 e. The van der Waals surface area contributed by atoms with Gasteiger partial charge in [-0.2, -0.15) is 5.26 Å². The fourth-order valence-electron chi connectivity index (χ4n) is 2.75. The number of thiophene rings is 1. The number of nitrogens with zero attached hydrogens (tertiary/aromatic N) is 2. The Bertz CT molecular complexity index is 840. The number of nitriles is 1. The highest BCUT2D eigenvalue weighted by atomic mass is 32.1. The van der Waals surface area contributed by atoms with E-state index in [4.69, 9.17) is 9.26 Å². The Balaban J connectivity index is 1.63. The number of aromatic nitrogens is 1. The van der Waals surface area contributed by atoms with Gasteiger partial charge in [-0.3, -0.25) is 4.79 Å². The average Bonchev–Trinajstić information content (AvgIpc) is 3.20. The van der Waals surface area contributed by atoms with Crippen LogP contribution in [0, 0.1) is 25.2 Å². The van der Waals surface area contributed by atoms with E-state index in [-0.39, 0.29) is 5.56 Å². The molecular formula is C16H15N3O4S. The van der Waals surface area contributed by atoms with Crippen molar-refractivity contribution in [1.29, 1.82) is 5.26 Å². The van der Waals surface area contributed by atoms with Gasteiger partial charge >= 0.3 is 5.97 Å². The first-order valence-electron chi connectivity index (χ1n) is 7.45. The Labute approximate surface area is 142 Å². The molecule has 24 heavy (non-hydrogen) atoms. The highest BCUT2D eigenvalue weighted by molar-refractivity contribution is 7.16. The number of ether oxygens (including phenoxy) is 1. The second-order valence-corrected chi connectivity index (χ2v) is 6.60. The summed E-state index contributed by atoms with van der Waals surface area (Å²) in [6, 6.07) is 2.15. The minimum absolute atomic E-state index is 0.232.